The standard InChI is InChI=1S/C22H38O5/c1-4-5-8-11-16(23)14-15-18-17(20(26)22(2,3)21(18)27)12-9-6-7-10-13-19(24)25/h6,9,16-18,21,23,27H,4-5,7-8,10-15H2,1-3H3,(H,24,25)/b9-6+. The largest absolute Gasteiger partial charge is 0.481 e. The van der Waals surface area contributed by atoms with Gasteiger partial charge in [0, 0.05) is 17.8 Å². The van der Waals surface area contributed by atoms with E-state index in [1.807, 2.05) is 12.2 Å². The van der Waals surface area contributed by atoms with Crippen LogP contribution in [-0.4, -0.2) is 39.3 Å². The highest BCUT2D eigenvalue weighted by Gasteiger charge is 2.53. The predicted octanol–water partition coefficient (Wildman–Crippen LogP) is 4.11. The van der Waals surface area contributed by atoms with Crippen LogP contribution < -0.4 is 0 Å². The first kappa shape index (κ1) is 23.8. The molecule has 0 amide bonds. The van der Waals surface area contributed by atoms with Gasteiger partial charge < -0.3 is 15.3 Å². The number of aliphatic hydroxyl groups is 2. The first-order chi connectivity index (χ1) is 12.7. The van der Waals surface area contributed by atoms with Crippen molar-refractivity contribution in [2.45, 2.75) is 97.2 Å². The first-order valence-corrected chi connectivity index (χ1v) is 10.5. The van der Waals surface area contributed by atoms with Crippen molar-refractivity contribution >= 4 is 11.8 Å². The summed E-state index contributed by atoms with van der Waals surface area (Å²) in [5, 5.41) is 29.5. The summed E-state index contributed by atoms with van der Waals surface area (Å²) in [6.45, 7) is 5.75. The monoisotopic (exact) mass is 382 g/mol. The van der Waals surface area contributed by atoms with Crippen LogP contribution in [0.3, 0.4) is 0 Å². The average Bonchev–Trinajstić information content (AvgIpc) is 2.76. The quantitative estimate of drug-likeness (QED) is 0.329. The van der Waals surface area contributed by atoms with Gasteiger partial charge in [0.25, 0.3) is 0 Å². The van der Waals surface area contributed by atoms with E-state index in [0.717, 1.165) is 25.7 Å². The molecular formula is C22H38O5. The number of carbonyl (C=O) groups is 2. The third-order valence-corrected chi connectivity index (χ3v) is 5.93. The van der Waals surface area contributed by atoms with E-state index in [4.69, 9.17) is 5.11 Å². The molecule has 4 unspecified atom stereocenters. The van der Waals surface area contributed by atoms with E-state index < -0.39 is 17.5 Å². The molecule has 27 heavy (non-hydrogen) atoms. The van der Waals surface area contributed by atoms with Gasteiger partial charge in [0.05, 0.1) is 12.2 Å². The fourth-order valence-electron chi connectivity index (χ4n) is 4.11. The van der Waals surface area contributed by atoms with E-state index in [-0.39, 0.29) is 30.1 Å². The molecule has 0 saturated heterocycles. The minimum Gasteiger partial charge on any atom is -0.481 e. The number of unbranched alkanes of at least 4 members (excludes halogenated alkanes) is 3. The van der Waals surface area contributed by atoms with Crippen molar-refractivity contribution in [2.75, 3.05) is 0 Å². The van der Waals surface area contributed by atoms with E-state index in [0.29, 0.717) is 32.1 Å². The number of ketones is 1. The maximum absolute atomic E-state index is 12.8. The zero-order valence-electron chi connectivity index (χ0n) is 17.2. The van der Waals surface area contributed by atoms with E-state index in [1.165, 1.54) is 0 Å². The Balaban J connectivity index is 2.58. The minimum atomic E-state index is -0.795. The molecule has 0 radical (unpaired) electrons. The Bertz CT molecular complexity index is 497. The molecule has 156 valence electrons. The second-order valence-corrected chi connectivity index (χ2v) is 8.52. The fraction of sp³-hybridized carbons (Fsp3) is 0.818. The van der Waals surface area contributed by atoms with Gasteiger partial charge in [0.15, 0.2) is 0 Å². The predicted molar refractivity (Wildman–Crippen MR) is 106 cm³/mol. The van der Waals surface area contributed by atoms with Crippen molar-refractivity contribution in [3.05, 3.63) is 12.2 Å². The molecule has 0 aromatic carbocycles. The molecule has 1 rings (SSSR count). The molecule has 0 aromatic heterocycles. The summed E-state index contributed by atoms with van der Waals surface area (Å²) in [4.78, 5) is 23.3. The molecule has 5 heteroatoms. The molecule has 1 aliphatic rings. The molecule has 4 atom stereocenters. The molecule has 0 bridgehead atoms. The van der Waals surface area contributed by atoms with E-state index in [1.54, 1.807) is 13.8 Å². The lowest BCUT2D eigenvalue weighted by Crippen LogP contribution is -2.32. The fourth-order valence-corrected chi connectivity index (χ4v) is 4.11. The SMILES string of the molecule is CCCCCC(O)CCC1C(C/C=C/CCCC(=O)O)C(=O)C(C)(C)C1O. The van der Waals surface area contributed by atoms with Crippen molar-refractivity contribution < 1.29 is 24.9 Å². The number of Topliss-reactive ketones (excluding diaryl/α,β-unsaturated/α-hetero) is 1. The molecular weight excluding hydrogens is 344 g/mol. The topological polar surface area (TPSA) is 94.8 Å². The number of hydrogen-bond acceptors (Lipinski definition) is 4. The highest BCUT2D eigenvalue weighted by atomic mass is 16.4. The Morgan fingerprint density at radius 1 is 1.19 bits per heavy atom. The van der Waals surface area contributed by atoms with E-state index >= 15 is 0 Å². The van der Waals surface area contributed by atoms with E-state index in [9.17, 15) is 19.8 Å². The molecule has 1 saturated carbocycles. The third-order valence-electron chi connectivity index (χ3n) is 5.93. The van der Waals surface area contributed by atoms with Crippen molar-refractivity contribution in [1.82, 2.24) is 0 Å². The highest BCUT2D eigenvalue weighted by molar-refractivity contribution is 5.90. The van der Waals surface area contributed by atoms with Crippen LogP contribution in [0.15, 0.2) is 12.2 Å². The van der Waals surface area contributed by atoms with Crippen LogP contribution >= 0.6 is 0 Å². The zero-order chi connectivity index (χ0) is 20.4. The number of aliphatic carboxylic acids is 1. The molecule has 0 aliphatic heterocycles. The Morgan fingerprint density at radius 3 is 2.52 bits per heavy atom. The molecule has 3 N–H and O–H groups in total. The normalized spacial score (nSPS) is 26.0. The molecule has 5 nitrogen and oxygen atoms in total. The minimum absolute atomic E-state index is 0.0932. The van der Waals surface area contributed by atoms with Gasteiger partial charge in [0.1, 0.15) is 5.78 Å². The van der Waals surface area contributed by atoms with E-state index in [2.05, 4.69) is 6.92 Å². The van der Waals surface area contributed by atoms with Crippen LogP contribution in [0.2, 0.25) is 0 Å². The van der Waals surface area contributed by atoms with Crippen molar-refractivity contribution in [1.29, 1.82) is 0 Å². The number of carbonyl (C=O) groups excluding carboxylic acids is 1. The Kier molecular flexibility index (Phi) is 10.2. The lowest BCUT2D eigenvalue weighted by atomic mass is 9.85. The maximum atomic E-state index is 12.8. The summed E-state index contributed by atoms with van der Waals surface area (Å²) in [7, 11) is 0. The number of allylic oxidation sites excluding steroid dienone is 2. The van der Waals surface area contributed by atoms with Crippen LogP contribution in [0.25, 0.3) is 0 Å². The number of hydrogen-bond donors (Lipinski definition) is 3. The number of carboxylic acid groups (broad SMARTS) is 1. The second-order valence-electron chi connectivity index (χ2n) is 8.52. The summed E-state index contributed by atoms with van der Waals surface area (Å²) in [6, 6.07) is 0. The van der Waals surface area contributed by atoms with Gasteiger partial charge in [-0.2, -0.15) is 0 Å². The van der Waals surface area contributed by atoms with Gasteiger partial charge in [-0.25, -0.2) is 0 Å². The summed E-state index contributed by atoms with van der Waals surface area (Å²) >= 11 is 0. The molecule has 1 aliphatic carbocycles. The Hall–Kier alpha value is -1.20. The van der Waals surface area contributed by atoms with Gasteiger partial charge >= 0.3 is 5.97 Å². The van der Waals surface area contributed by atoms with Crippen LogP contribution in [-0.2, 0) is 9.59 Å². The molecule has 1 fully saturated rings. The average molecular weight is 383 g/mol. The van der Waals surface area contributed by atoms with Crippen LogP contribution in [0.5, 0.6) is 0 Å². The Labute approximate surface area is 163 Å². The molecule has 0 spiro atoms. The van der Waals surface area contributed by atoms with Crippen molar-refractivity contribution in [3.63, 3.8) is 0 Å². The van der Waals surface area contributed by atoms with Crippen LogP contribution in [0.4, 0.5) is 0 Å². The lowest BCUT2D eigenvalue weighted by Gasteiger charge is -2.25. The van der Waals surface area contributed by atoms with Gasteiger partial charge in [-0.3, -0.25) is 9.59 Å². The summed E-state index contributed by atoms with van der Waals surface area (Å²) in [5.74, 6) is -1.06. The third kappa shape index (κ3) is 7.38. The van der Waals surface area contributed by atoms with Crippen LogP contribution in [0, 0.1) is 17.3 Å². The maximum Gasteiger partial charge on any atom is 0.303 e. The smallest absolute Gasteiger partial charge is 0.303 e. The molecule has 0 aromatic rings. The highest BCUT2D eigenvalue weighted by Crippen LogP contribution is 2.46. The summed E-state index contributed by atoms with van der Waals surface area (Å²) < 4.78 is 0. The van der Waals surface area contributed by atoms with Crippen molar-refractivity contribution in [2.24, 2.45) is 17.3 Å². The summed E-state index contributed by atoms with van der Waals surface area (Å²) in [6.07, 6.45) is 10.1. The lowest BCUT2D eigenvalue weighted by molar-refractivity contribution is -0.137. The number of rotatable bonds is 13. The summed E-state index contributed by atoms with van der Waals surface area (Å²) in [5.41, 5.74) is -0.750. The van der Waals surface area contributed by atoms with Crippen LogP contribution in [0.1, 0.15) is 85.0 Å². The zero-order valence-corrected chi connectivity index (χ0v) is 17.2. The second kappa shape index (κ2) is 11.6. The van der Waals surface area contributed by atoms with Gasteiger partial charge in [-0.05, 0) is 44.4 Å². The Morgan fingerprint density at radius 2 is 1.89 bits per heavy atom. The van der Waals surface area contributed by atoms with Gasteiger partial charge in [-0.1, -0.05) is 52.2 Å². The number of aliphatic hydroxyl groups excluding tert-OH is 2. The molecule has 0 heterocycles. The van der Waals surface area contributed by atoms with Gasteiger partial charge in [-0.15, -0.1) is 0 Å². The van der Waals surface area contributed by atoms with Gasteiger partial charge in [0.2, 0.25) is 0 Å². The first-order valence-electron chi connectivity index (χ1n) is 10.5. The van der Waals surface area contributed by atoms with Crippen molar-refractivity contribution in [3.8, 4) is 0 Å². The number of carboxylic acids is 1.